The Hall–Kier alpha value is -2.55. The van der Waals surface area contributed by atoms with Gasteiger partial charge in [-0.1, -0.05) is 52.8 Å². The van der Waals surface area contributed by atoms with Crippen LogP contribution in [0.5, 0.6) is 5.75 Å². The second-order valence-corrected chi connectivity index (χ2v) is 10.2. The van der Waals surface area contributed by atoms with E-state index in [9.17, 15) is 4.79 Å². The summed E-state index contributed by atoms with van der Waals surface area (Å²) in [5.41, 5.74) is 7.81. The molecule has 0 atom stereocenters. The fraction of sp³-hybridized carbons (Fsp3) is 0.483. The Labute approximate surface area is 193 Å². The minimum Gasteiger partial charge on any atom is -0.493 e. The highest BCUT2D eigenvalue weighted by molar-refractivity contribution is 5.88. The smallest absolute Gasteiger partial charge is 0.330 e. The van der Waals surface area contributed by atoms with Crippen molar-refractivity contribution in [3.05, 3.63) is 58.7 Å². The number of carbonyl (C=O) groups is 1. The molecular weight excluding hydrogens is 396 g/mol. The van der Waals surface area contributed by atoms with Crippen molar-refractivity contribution >= 4 is 12.0 Å². The van der Waals surface area contributed by atoms with Crippen molar-refractivity contribution < 1.29 is 14.3 Å². The highest BCUT2D eigenvalue weighted by Gasteiger charge is 2.37. The lowest BCUT2D eigenvalue weighted by Crippen LogP contribution is -2.34. The molecule has 2 aromatic rings. The molecule has 1 aliphatic carbocycles. The summed E-state index contributed by atoms with van der Waals surface area (Å²) in [5.74, 6) is 0.446. The van der Waals surface area contributed by atoms with Crippen molar-refractivity contribution in [3.8, 4) is 16.9 Å². The van der Waals surface area contributed by atoms with Crippen LogP contribution in [0.2, 0.25) is 0 Å². The number of fused-ring (bicyclic) bond motifs is 1. The van der Waals surface area contributed by atoms with E-state index in [2.05, 4.69) is 65.8 Å². The number of carbonyl (C=O) groups excluding carboxylic acids is 1. The highest BCUT2D eigenvalue weighted by atomic mass is 16.5. The molecule has 0 unspecified atom stereocenters. The van der Waals surface area contributed by atoms with Crippen LogP contribution in [-0.2, 0) is 20.4 Å². The van der Waals surface area contributed by atoms with Crippen LogP contribution in [0.1, 0.15) is 83.1 Å². The third-order valence-electron chi connectivity index (χ3n) is 6.67. The summed E-state index contributed by atoms with van der Waals surface area (Å²) in [6, 6.07) is 11.1. The van der Waals surface area contributed by atoms with Gasteiger partial charge in [0.1, 0.15) is 5.75 Å². The van der Waals surface area contributed by atoms with Crippen LogP contribution < -0.4 is 4.74 Å². The van der Waals surface area contributed by atoms with Gasteiger partial charge in [0.25, 0.3) is 0 Å². The number of ether oxygens (including phenoxy) is 2. The summed E-state index contributed by atoms with van der Waals surface area (Å²) in [6.45, 7) is 16.5. The summed E-state index contributed by atoms with van der Waals surface area (Å²) < 4.78 is 11.0. The fourth-order valence-electron chi connectivity index (χ4n) is 4.57. The van der Waals surface area contributed by atoms with Gasteiger partial charge in [-0.25, -0.2) is 4.79 Å². The molecular formula is C29H38O3. The maximum absolute atomic E-state index is 11.9. The summed E-state index contributed by atoms with van der Waals surface area (Å²) in [7, 11) is 0. The van der Waals surface area contributed by atoms with Gasteiger partial charge in [-0.2, -0.15) is 0 Å². The third kappa shape index (κ3) is 5.09. The Morgan fingerprint density at radius 1 is 1.00 bits per heavy atom. The first kappa shape index (κ1) is 24.1. The summed E-state index contributed by atoms with van der Waals surface area (Å²) in [4.78, 5) is 11.9. The number of esters is 1. The van der Waals surface area contributed by atoms with Crippen LogP contribution in [-0.4, -0.2) is 19.2 Å². The molecule has 32 heavy (non-hydrogen) atoms. The highest BCUT2D eigenvalue weighted by Crippen LogP contribution is 2.47. The van der Waals surface area contributed by atoms with Crippen molar-refractivity contribution in [2.24, 2.45) is 0 Å². The summed E-state index contributed by atoms with van der Waals surface area (Å²) in [5, 5.41) is 0. The minimum absolute atomic E-state index is 0.157. The molecule has 0 heterocycles. The minimum atomic E-state index is -0.340. The van der Waals surface area contributed by atoms with Crippen molar-refractivity contribution in [2.45, 2.75) is 78.6 Å². The van der Waals surface area contributed by atoms with Crippen molar-refractivity contribution in [1.82, 2.24) is 0 Å². The van der Waals surface area contributed by atoms with Gasteiger partial charge in [0.2, 0.25) is 0 Å². The predicted octanol–water partition coefficient (Wildman–Crippen LogP) is 7.38. The molecule has 0 amide bonds. The van der Waals surface area contributed by atoms with Crippen molar-refractivity contribution in [1.29, 1.82) is 0 Å². The quantitative estimate of drug-likeness (QED) is 0.337. The predicted molar refractivity (Wildman–Crippen MR) is 133 cm³/mol. The largest absolute Gasteiger partial charge is 0.493 e. The van der Waals surface area contributed by atoms with E-state index in [0.29, 0.717) is 13.2 Å². The molecule has 2 aromatic carbocycles. The molecule has 3 nitrogen and oxygen atoms in total. The van der Waals surface area contributed by atoms with E-state index in [1.807, 2.05) is 13.0 Å². The average molecular weight is 435 g/mol. The number of rotatable bonds is 7. The molecule has 0 aromatic heterocycles. The maximum atomic E-state index is 11.9. The Bertz CT molecular complexity index is 1010. The molecule has 3 rings (SSSR count). The first-order valence-electron chi connectivity index (χ1n) is 11.9. The van der Waals surface area contributed by atoms with Gasteiger partial charge in [-0.05, 0) is 90.0 Å². The number of hydrogen-bond acceptors (Lipinski definition) is 3. The van der Waals surface area contributed by atoms with Crippen LogP contribution in [0.25, 0.3) is 17.2 Å². The molecule has 0 bridgehead atoms. The standard InChI is InChI=1S/C29H38O3/c1-8-16-32-26-12-10-21(18-22(26)11-13-27(30)31-9-2)23-19-25-24(17-20(23)3)28(4,5)14-15-29(25,6)7/h10-13,17-19H,8-9,14-16H2,1-7H3. The summed E-state index contributed by atoms with van der Waals surface area (Å²) in [6.07, 6.45) is 6.60. The van der Waals surface area contributed by atoms with Crippen LogP contribution in [0.4, 0.5) is 0 Å². The first-order chi connectivity index (χ1) is 15.1. The molecule has 0 radical (unpaired) electrons. The zero-order valence-corrected chi connectivity index (χ0v) is 20.8. The number of hydrogen-bond donors (Lipinski definition) is 0. The van der Waals surface area contributed by atoms with E-state index in [-0.39, 0.29) is 16.8 Å². The molecule has 0 fully saturated rings. The first-order valence-corrected chi connectivity index (χ1v) is 11.9. The molecule has 0 spiro atoms. The van der Waals surface area contributed by atoms with Gasteiger partial charge in [0.05, 0.1) is 13.2 Å². The van der Waals surface area contributed by atoms with Gasteiger partial charge in [0, 0.05) is 11.6 Å². The second-order valence-electron chi connectivity index (χ2n) is 10.2. The van der Waals surface area contributed by atoms with Crippen molar-refractivity contribution in [3.63, 3.8) is 0 Å². The second kappa shape index (κ2) is 9.52. The molecule has 1 aliphatic rings. The van der Waals surface area contributed by atoms with Gasteiger partial charge >= 0.3 is 5.97 Å². The molecule has 0 N–H and O–H groups in total. The van der Waals surface area contributed by atoms with E-state index in [1.165, 1.54) is 41.2 Å². The normalized spacial score (nSPS) is 16.6. The van der Waals surface area contributed by atoms with Crippen LogP contribution in [0.3, 0.4) is 0 Å². The van der Waals surface area contributed by atoms with Gasteiger partial charge in [-0.3, -0.25) is 0 Å². The van der Waals surface area contributed by atoms with Gasteiger partial charge in [-0.15, -0.1) is 0 Å². The average Bonchev–Trinajstić information content (AvgIpc) is 2.74. The lowest BCUT2D eigenvalue weighted by molar-refractivity contribution is -0.137. The lowest BCUT2D eigenvalue weighted by atomic mass is 9.62. The topological polar surface area (TPSA) is 35.5 Å². The molecule has 0 saturated carbocycles. The fourth-order valence-corrected chi connectivity index (χ4v) is 4.57. The van der Waals surface area contributed by atoms with Crippen molar-refractivity contribution in [2.75, 3.05) is 13.2 Å². The third-order valence-corrected chi connectivity index (χ3v) is 6.67. The summed E-state index contributed by atoms with van der Waals surface area (Å²) >= 11 is 0. The van der Waals surface area contributed by atoms with Gasteiger partial charge < -0.3 is 9.47 Å². The zero-order valence-electron chi connectivity index (χ0n) is 20.8. The number of benzene rings is 2. The van der Waals surface area contributed by atoms with E-state index >= 15 is 0 Å². The van der Waals surface area contributed by atoms with Gasteiger partial charge in [0.15, 0.2) is 0 Å². The zero-order chi connectivity index (χ0) is 23.5. The maximum Gasteiger partial charge on any atom is 0.330 e. The molecule has 3 heteroatoms. The van der Waals surface area contributed by atoms with Crippen LogP contribution >= 0.6 is 0 Å². The lowest BCUT2D eigenvalue weighted by Gasteiger charge is -2.42. The number of aryl methyl sites for hydroxylation is 1. The van der Waals surface area contributed by atoms with E-state index < -0.39 is 0 Å². The Kier molecular flexibility index (Phi) is 7.17. The molecule has 172 valence electrons. The van der Waals surface area contributed by atoms with E-state index in [1.54, 1.807) is 6.08 Å². The van der Waals surface area contributed by atoms with Crippen LogP contribution in [0, 0.1) is 6.92 Å². The van der Waals surface area contributed by atoms with Crippen LogP contribution in [0.15, 0.2) is 36.4 Å². The molecule has 0 aliphatic heterocycles. The Morgan fingerprint density at radius 2 is 1.66 bits per heavy atom. The molecule has 0 saturated heterocycles. The Balaban J connectivity index is 2.09. The Morgan fingerprint density at radius 3 is 2.28 bits per heavy atom. The van der Waals surface area contributed by atoms with E-state index in [0.717, 1.165) is 23.3 Å². The SMILES string of the molecule is CCCOc1ccc(-c2cc3c(cc2C)C(C)(C)CCC3(C)C)cc1C=CC(=O)OCC. The van der Waals surface area contributed by atoms with E-state index in [4.69, 9.17) is 9.47 Å². The monoisotopic (exact) mass is 434 g/mol.